The lowest BCUT2D eigenvalue weighted by atomic mass is 10.1. The van der Waals surface area contributed by atoms with Crippen LogP contribution in [0.3, 0.4) is 0 Å². The minimum atomic E-state index is -0.139. The molecule has 1 heterocycles. The first-order valence-electron chi connectivity index (χ1n) is 12.5. The summed E-state index contributed by atoms with van der Waals surface area (Å²) < 4.78 is 0. The molecule has 0 aliphatic carbocycles. The van der Waals surface area contributed by atoms with Crippen LogP contribution in [0, 0.1) is 11.8 Å². The molecule has 0 radical (unpaired) electrons. The van der Waals surface area contributed by atoms with E-state index >= 15 is 0 Å². The maximum atomic E-state index is 13.6. The molecule has 0 bridgehead atoms. The van der Waals surface area contributed by atoms with Crippen LogP contribution in [0.25, 0.3) is 10.9 Å². The predicted molar refractivity (Wildman–Crippen MR) is 144 cm³/mol. The van der Waals surface area contributed by atoms with Gasteiger partial charge in [0.2, 0.25) is 11.8 Å². The Hall–Kier alpha value is -3.28. The van der Waals surface area contributed by atoms with Crippen molar-refractivity contribution < 1.29 is 9.59 Å². The van der Waals surface area contributed by atoms with Crippen LogP contribution in [0.5, 0.6) is 0 Å². The number of carbonyl (C=O) groups excluding carboxylic acids is 2. The van der Waals surface area contributed by atoms with Crippen LogP contribution in [0.15, 0.2) is 54.7 Å². The molecule has 1 N–H and O–H groups in total. The number of para-hydroxylation sites is 1. The van der Waals surface area contributed by atoms with E-state index in [0.29, 0.717) is 25.6 Å². The van der Waals surface area contributed by atoms with Gasteiger partial charge in [0.15, 0.2) is 0 Å². The summed E-state index contributed by atoms with van der Waals surface area (Å²) in [6.07, 6.45) is 2.78. The summed E-state index contributed by atoms with van der Waals surface area (Å²) in [6, 6.07) is 16.5. The third-order valence-electron chi connectivity index (χ3n) is 6.22. The van der Waals surface area contributed by atoms with E-state index < -0.39 is 0 Å². The Morgan fingerprint density at radius 2 is 1.60 bits per heavy atom. The highest BCUT2D eigenvalue weighted by Gasteiger charge is 2.24. The summed E-state index contributed by atoms with van der Waals surface area (Å²) >= 11 is 0. The van der Waals surface area contributed by atoms with Crippen molar-refractivity contribution >= 4 is 28.4 Å². The molecule has 3 aromatic rings. The maximum absolute atomic E-state index is 13.6. The second kappa shape index (κ2) is 11.9. The van der Waals surface area contributed by atoms with E-state index in [-0.39, 0.29) is 24.3 Å². The summed E-state index contributed by atoms with van der Waals surface area (Å²) in [7, 11) is 4.03. The van der Waals surface area contributed by atoms with Crippen LogP contribution in [0.1, 0.15) is 38.8 Å². The molecule has 0 saturated carbocycles. The number of amides is 2. The van der Waals surface area contributed by atoms with E-state index in [0.717, 1.165) is 23.2 Å². The Balaban J connectivity index is 1.80. The van der Waals surface area contributed by atoms with Crippen molar-refractivity contribution in [3.05, 3.63) is 65.9 Å². The van der Waals surface area contributed by atoms with Crippen molar-refractivity contribution in [3.8, 4) is 0 Å². The molecular weight excluding hydrogens is 436 g/mol. The lowest BCUT2D eigenvalue weighted by Gasteiger charge is -2.30. The molecule has 6 nitrogen and oxygen atoms in total. The van der Waals surface area contributed by atoms with Gasteiger partial charge in [-0.15, -0.1) is 0 Å². The third kappa shape index (κ3) is 7.10. The number of fused-ring (bicyclic) bond motifs is 1. The van der Waals surface area contributed by atoms with E-state index in [2.05, 4.69) is 60.1 Å². The van der Waals surface area contributed by atoms with Gasteiger partial charge in [0.05, 0.1) is 6.54 Å². The average molecular weight is 477 g/mol. The summed E-state index contributed by atoms with van der Waals surface area (Å²) in [5.74, 6) is 0.165. The Kier molecular flexibility index (Phi) is 8.96. The third-order valence-corrected chi connectivity index (χ3v) is 6.22. The molecule has 0 spiro atoms. The quantitative estimate of drug-likeness (QED) is 0.426. The van der Waals surface area contributed by atoms with Gasteiger partial charge in [0, 0.05) is 62.4 Å². The molecule has 0 aliphatic rings. The molecule has 3 rings (SSSR count). The molecule has 188 valence electrons. The number of hydrogen-bond acceptors (Lipinski definition) is 3. The Morgan fingerprint density at radius 3 is 2.23 bits per heavy atom. The molecule has 6 heteroatoms. The molecule has 0 aliphatic heterocycles. The second-order valence-corrected chi connectivity index (χ2v) is 10.3. The second-order valence-electron chi connectivity index (χ2n) is 10.3. The normalized spacial score (nSPS) is 11.3. The van der Waals surface area contributed by atoms with Crippen LogP contribution in [-0.2, 0) is 22.6 Å². The first-order valence-corrected chi connectivity index (χ1v) is 12.5. The van der Waals surface area contributed by atoms with Gasteiger partial charge in [0.1, 0.15) is 0 Å². The molecule has 0 atom stereocenters. The monoisotopic (exact) mass is 476 g/mol. The Morgan fingerprint density at radius 1 is 0.914 bits per heavy atom. The molecule has 0 fully saturated rings. The fourth-order valence-electron chi connectivity index (χ4n) is 4.31. The van der Waals surface area contributed by atoms with Crippen molar-refractivity contribution in [3.63, 3.8) is 0 Å². The van der Waals surface area contributed by atoms with Crippen LogP contribution in [-0.4, -0.2) is 60.3 Å². The van der Waals surface area contributed by atoms with Gasteiger partial charge in [-0.3, -0.25) is 9.59 Å². The largest absolute Gasteiger partial charge is 0.378 e. The van der Waals surface area contributed by atoms with Gasteiger partial charge in [-0.2, -0.15) is 0 Å². The number of rotatable bonds is 11. The number of carbonyl (C=O) groups is 2. The predicted octanol–water partition coefficient (Wildman–Crippen LogP) is 4.95. The van der Waals surface area contributed by atoms with Crippen molar-refractivity contribution in [1.82, 2.24) is 14.8 Å². The maximum Gasteiger partial charge on any atom is 0.242 e. The van der Waals surface area contributed by atoms with E-state index in [1.807, 2.05) is 51.2 Å². The fourth-order valence-corrected chi connectivity index (χ4v) is 4.31. The zero-order chi connectivity index (χ0) is 25.5. The number of benzene rings is 2. The van der Waals surface area contributed by atoms with Crippen LogP contribution >= 0.6 is 0 Å². The van der Waals surface area contributed by atoms with Crippen LogP contribution < -0.4 is 4.90 Å². The molecular formula is C29H40N4O2. The van der Waals surface area contributed by atoms with Crippen LogP contribution in [0.2, 0.25) is 0 Å². The summed E-state index contributed by atoms with van der Waals surface area (Å²) in [6.45, 7) is 9.72. The van der Waals surface area contributed by atoms with E-state index in [4.69, 9.17) is 0 Å². The van der Waals surface area contributed by atoms with Crippen molar-refractivity contribution in [2.24, 2.45) is 11.8 Å². The van der Waals surface area contributed by atoms with Crippen molar-refractivity contribution in [2.75, 3.05) is 38.6 Å². The number of H-pyrrole nitrogens is 1. The van der Waals surface area contributed by atoms with Crippen LogP contribution in [0.4, 0.5) is 5.69 Å². The highest BCUT2D eigenvalue weighted by Crippen LogP contribution is 2.20. The Labute approximate surface area is 209 Å². The number of aromatic nitrogens is 1. The number of hydrogen-bond donors (Lipinski definition) is 1. The first kappa shape index (κ1) is 26.3. The lowest BCUT2D eigenvalue weighted by molar-refractivity contribution is -0.143. The smallest absolute Gasteiger partial charge is 0.242 e. The topological polar surface area (TPSA) is 59.7 Å². The zero-order valence-corrected chi connectivity index (χ0v) is 22.0. The number of nitrogens with zero attached hydrogens (tertiary/aromatic N) is 3. The standard InChI is InChI=1S/C29H40N4O2/c1-21(2)18-33(29(35)22(3)4)20-28(34)32(19-23-11-13-25(14-12-23)31(5)6)16-15-24-17-30-27-10-8-7-9-26(24)27/h7-14,17,21-22,30H,15-16,18-20H2,1-6H3. The van der Waals surface area contributed by atoms with Gasteiger partial charge in [-0.1, -0.05) is 58.0 Å². The van der Waals surface area contributed by atoms with E-state index in [1.165, 1.54) is 10.9 Å². The number of nitrogens with one attached hydrogen (secondary N) is 1. The molecule has 1 aromatic heterocycles. The average Bonchev–Trinajstić information content (AvgIpc) is 3.23. The molecule has 0 unspecified atom stereocenters. The minimum Gasteiger partial charge on any atom is -0.378 e. The number of anilines is 1. The van der Waals surface area contributed by atoms with Gasteiger partial charge in [0.25, 0.3) is 0 Å². The SMILES string of the molecule is CC(C)CN(CC(=O)N(CCc1c[nH]c2ccccc12)Cc1ccc(N(C)C)cc1)C(=O)C(C)C. The summed E-state index contributed by atoms with van der Waals surface area (Å²) in [5.41, 5.74) is 4.49. The molecule has 2 aromatic carbocycles. The summed E-state index contributed by atoms with van der Waals surface area (Å²) in [5, 5.41) is 1.19. The summed E-state index contributed by atoms with van der Waals surface area (Å²) in [4.78, 5) is 35.4. The van der Waals surface area contributed by atoms with Crippen molar-refractivity contribution in [2.45, 2.75) is 40.7 Å². The molecule has 35 heavy (non-hydrogen) atoms. The first-order chi connectivity index (χ1) is 16.7. The highest BCUT2D eigenvalue weighted by molar-refractivity contribution is 5.86. The minimum absolute atomic E-state index is 0.0174. The van der Waals surface area contributed by atoms with Gasteiger partial charge in [-0.05, 0) is 41.7 Å². The van der Waals surface area contributed by atoms with Gasteiger partial charge in [-0.25, -0.2) is 0 Å². The molecule has 2 amide bonds. The van der Waals surface area contributed by atoms with Gasteiger partial charge >= 0.3 is 0 Å². The Bertz CT molecular complexity index is 1120. The fraction of sp³-hybridized carbons (Fsp3) is 0.448. The highest BCUT2D eigenvalue weighted by atomic mass is 16.2. The number of aromatic amines is 1. The zero-order valence-electron chi connectivity index (χ0n) is 22.0. The molecule has 0 saturated heterocycles. The van der Waals surface area contributed by atoms with Crippen molar-refractivity contribution in [1.29, 1.82) is 0 Å². The van der Waals surface area contributed by atoms with E-state index in [1.54, 1.807) is 4.90 Å². The van der Waals surface area contributed by atoms with Gasteiger partial charge < -0.3 is 19.7 Å². The van der Waals surface area contributed by atoms with E-state index in [9.17, 15) is 9.59 Å². The lowest BCUT2D eigenvalue weighted by Crippen LogP contribution is -2.45.